The number of aliphatic hydroxyl groups excluding tert-OH is 1. The molecule has 0 saturated heterocycles. The fraction of sp³-hybridized carbons (Fsp3) is 0.500. The Morgan fingerprint density at radius 1 is 1.29 bits per heavy atom. The summed E-state index contributed by atoms with van der Waals surface area (Å²) in [6.07, 6.45) is 1.01. The van der Waals surface area contributed by atoms with Gasteiger partial charge < -0.3 is 10.0 Å². The van der Waals surface area contributed by atoms with E-state index in [2.05, 4.69) is 39.0 Å². The maximum absolute atomic E-state index is 9.25. The molecule has 0 amide bonds. The second kappa shape index (κ2) is 5.01. The van der Waals surface area contributed by atoms with Gasteiger partial charge in [-0.25, -0.2) is 0 Å². The Morgan fingerprint density at radius 2 is 2.00 bits per heavy atom. The van der Waals surface area contributed by atoms with Gasteiger partial charge in [0.1, 0.15) is 6.73 Å². The van der Waals surface area contributed by atoms with E-state index in [9.17, 15) is 5.11 Å². The zero-order valence-electron chi connectivity index (χ0n) is 9.25. The molecule has 0 bridgehead atoms. The smallest absolute Gasteiger partial charge is 0.115 e. The van der Waals surface area contributed by atoms with Gasteiger partial charge in [0, 0.05) is 12.2 Å². The van der Waals surface area contributed by atoms with Crippen LogP contribution in [-0.2, 0) is 6.42 Å². The molecule has 0 unspecified atom stereocenters. The first-order chi connectivity index (χ1) is 6.74. The van der Waals surface area contributed by atoms with E-state index in [1.54, 1.807) is 0 Å². The fourth-order valence-electron chi connectivity index (χ4n) is 1.79. The van der Waals surface area contributed by atoms with Crippen LogP contribution in [0.5, 0.6) is 0 Å². The van der Waals surface area contributed by atoms with Crippen LogP contribution >= 0.6 is 0 Å². The first kappa shape index (κ1) is 11.1. The lowest BCUT2D eigenvalue weighted by Crippen LogP contribution is -2.25. The molecule has 0 aliphatic carbocycles. The second-order valence-electron chi connectivity index (χ2n) is 3.43. The maximum atomic E-state index is 9.25. The average Bonchev–Trinajstić information content (AvgIpc) is 2.22. The molecular weight excluding hydrogens is 174 g/mol. The van der Waals surface area contributed by atoms with Gasteiger partial charge in [0.05, 0.1) is 0 Å². The van der Waals surface area contributed by atoms with Gasteiger partial charge in [0.15, 0.2) is 0 Å². The summed E-state index contributed by atoms with van der Waals surface area (Å²) in [6, 6.07) is 6.29. The molecule has 1 aromatic carbocycles. The molecule has 1 aromatic rings. The van der Waals surface area contributed by atoms with Crippen molar-refractivity contribution in [3.05, 3.63) is 29.3 Å². The highest BCUT2D eigenvalue weighted by Crippen LogP contribution is 2.24. The van der Waals surface area contributed by atoms with Crippen LogP contribution in [0.25, 0.3) is 0 Å². The Labute approximate surface area is 86.2 Å². The number of aryl methyl sites for hydroxylation is 2. The summed E-state index contributed by atoms with van der Waals surface area (Å²) in [5.74, 6) is 0. The van der Waals surface area contributed by atoms with Gasteiger partial charge in [-0.05, 0) is 31.4 Å². The van der Waals surface area contributed by atoms with E-state index in [1.807, 2.05) is 4.90 Å². The van der Waals surface area contributed by atoms with Crippen LogP contribution in [-0.4, -0.2) is 18.4 Å². The molecule has 0 saturated carbocycles. The van der Waals surface area contributed by atoms with Crippen LogP contribution in [0.15, 0.2) is 18.2 Å². The molecule has 2 nitrogen and oxygen atoms in total. The molecule has 0 spiro atoms. The van der Waals surface area contributed by atoms with Gasteiger partial charge in [-0.15, -0.1) is 0 Å². The SMILES string of the molecule is CCc1cccc(C)c1N(CC)CO. The van der Waals surface area contributed by atoms with Crippen LogP contribution in [0.1, 0.15) is 25.0 Å². The normalized spacial score (nSPS) is 10.3. The largest absolute Gasteiger partial charge is 0.376 e. The van der Waals surface area contributed by atoms with Gasteiger partial charge >= 0.3 is 0 Å². The Bertz CT molecular complexity index is 292. The van der Waals surface area contributed by atoms with Gasteiger partial charge in [0.25, 0.3) is 0 Å². The quantitative estimate of drug-likeness (QED) is 0.742. The van der Waals surface area contributed by atoms with Crippen molar-refractivity contribution in [3.8, 4) is 0 Å². The Morgan fingerprint density at radius 3 is 2.50 bits per heavy atom. The summed E-state index contributed by atoms with van der Waals surface area (Å²) in [4.78, 5) is 1.99. The van der Waals surface area contributed by atoms with Crippen LogP contribution in [0.3, 0.4) is 0 Å². The first-order valence-corrected chi connectivity index (χ1v) is 5.18. The van der Waals surface area contributed by atoms with Crippen molar-refractivity contribution in [1.29, 1.82) is 0 Å². The van der Waals surface area contributed by atoms with Crippen LogP contribution < -0.4 is 4.90 Å². The summed E-state index contributed by atoms with van der Waals surface area (Å²) in [7, 11) is 0. The van der Waals surface area contributed by atoms with Crippen molar-refractivity contribution >= 4 is 5.69 Å². The van der Waals surface area contributed by atoms with Gasteiger partial charge in [-0.1, -0.05) is 25.1 Å². The number of nitrogens with zero attached hydrogens (tertiary/aromatic N) is 1. The van der Waals surface area contributed by atoms with Crippen molar-refractivity contribution in [2.45, 2.75) is 27.2 Å². The highest BCUT2D eigenvalue weighted by Gasteiger charge is 2.09. The number of hydrogen-bond acceptors (Lipinski definition) is 2. The lowest BCUT2D eigenvalue weighted by Gasteiger charge is -2.25. The van der Waals surface area contributed by atoms with E-state index >= 15 is 0 Å². The Kier molecular flexibility index (Phi) is 3.96. The third-order valence-corrected chi connectivity index (χ3v) is 2.57. The topological polar surface area (TPSA) is 23.5 Å². The van der Waals surface area contributed by atoms with Crippen LogP contribution in [0.2, 0.25) is 0 Å². The molecule has 0 heterocycles. The minimum Gasteiger partial charge on any atom is -0.376 e. The lowest BCUT2D eigenvalue weighted by atomic mass is 10.0. The Balaban J connectivity index is 3.14. The molecule has 1 rings (SSSR count). The molecule has 1 N–H and O–H groups in total. The number of aliphatic hydroxyl groups is 1. The molecule has 0 radical (unpaired) electrons. The second-order valence-corrected chi connectivity index (χ2v) is 3.43. The minimum atomic E-state index is 0.0916. The van der Waals surface area contributed by atoms with Crippen LogP contribution in [0.4, 0.5) is 5.69 Å². The number of rotatable bonds is 4. The molecule has 0 atom stereocenters. The highest BCUT2D eigenvalue weighted by atomic mass is 16.3. The van der Waals surface area contributed by atoms with Crippen LogP contribution in [0, 0.1) is 6.92 Å². The monoisotopic (exact) mass is 193 g/mol. The number of para-hydroxylation sites is 1. The molecule has 0 aromatic heterocycles. The maximum Gasteiger partial charge on any atom is 0.115 e. The molecule has 14 heavy (non-hydrogen) atoms. The van der Waals surface area contributed by atoms with Crippen molar-refractivity contribution in [1.82, 2.24) is 0 Å². The summed E-state index contributed by atoms with van der Waals surface area (Å²) in [5, 5.41) is 9.25. The predicted octanol–water partition coefficient (Wildman–Crippen LogP) is 2.33. The van der Waals surface area contributed by atoms with Gasteiger partial charge in [-0.3, -0.25) is 0 Å². The fourth-order valence-corrected chi connectivity index (χ4v) is 1.79. The van der Waals surface area contributed by atoms with Crippen molar-refractivity contribution in [2.24, 2.45) is 0 Å². The average molecular weight is 193 g/mol. The number of anilines is 1. The third kappa shape index (κ3) is 2.07. The van der Waals surface area contributed by atoms with E-state index in [4.69, 9.17) is 0 Å². The molecule has 0 aliphatic rings. The molecule has 0 aliphatic heterocycles. The van der Waals surface area contributed by atoms with Gasteiger partial charge in [0.2, 0.25) is 0 Å². The summed E-state index contributed by atoms with van der Waals surface area (Å²) < 4.78 is 0. The zero-order valence-corrected chi connectivity index (χ0v) is 9.25. The highest BCUT2D eigenvalue weighted by molar-refractivity contribution is 5.59. The van der Waals surface area contributed by atoms with Crippen molar-refractivity contribution < 1.29 is 5.11 Å². The zero-order chi connectivity index (χ0) is 10.6. The van der Waals surface area contributed by atoms with E-state index in [0.29, 0.717) is 0 Å². The van der Waals surface area contributed by atoms with Crippen molar-refractivity contribution in [3.63, 3.8) is 0 Å². The third-order valence-electron chi connectivity index (χ3n) is 2.57. The summed E-state index contributed by atoms with van der Waals surface area (Å²) in [5.41, 5.74) is 3.74. The van der Waals surface area contributed by atoms with E-state index < -0.39 is 0 Å². The minimum absolute atomic E-state index is 0.0916. The summed E-state index contributed by atoms with van der Waals surface area (Å²) in [6.45, 7) is 7.22. The number of benzene rings is 1. The molecule has 0 fully saturated rings. The van der Waals surface area contributed by atoms with E-state index in [-0.39, 0.29) is 6.73 Å². The molecular formula is C12H19NO. The predicted molar refractivity (Wildman–Crippen MR) is 60.7 cm³/mol. The van der Waals surface area contributed by atoms with Crippen molar-refractivity contribution in [2.75, 3.05) is 18.2 Å². The Hall–Kier alpha value is -1.02. The van der Waals surface area contributed by atoms with E-state index in [0.717, 1.165) is 13.0 Å². The van der Waals surface area contributed by atoms with E-state index in [1.165, 1.54) is 16.8 Å². The number of hydrogen-bond donors (Lipinski definition) is 1. The van der Waals surface area contributed by atoms with Gasteiger partial charge in [-0.2, -0.15) is 0 Å². The molecule has 2 heteroatoms. The first-order valence-electron chi connectivity index (χ1n) is 5.18. The lowest BCUT2D eigenvalue weighted by molar-refractivity contribution is 0.292. The molecule has 78 valence electrons. The standard InChI is InChI=1S/C12H19NO/c1-4-11-8-6-7-10(3)12(11)13(5-2)9-14/h6-8,14H,4-5,9H2,1-3H3. The summed E-state index contributed by atoms with van der Waals surface area (Å²) >= 11 is 0.